The molecule has 0 bridgehead atoms. The number of hydrogen-bond acceptors (Lipinski definition) is 3. The zero-order valence-electron chi connectivity index (χ0n) is 9.24. The van der Waals surface area contributed by atoms with Crippen LogP contribution in [0.15, 0.2) is 6.07 Å². The molecule has 1 unspecified atom stereocenters. The Morgan fingerprint density at radius 1 is 1.69 bits per heavy atom. The molecule has 0 spiro atoms. The van der Waals surface area contributed by atoms with E-state index < -0.39 is 11.5 Å². The number of halogens is 2. The Morgan fingerprint density at radius 2 is 2.38 bits per heavy atom. The fourth-order valence-electron chi connectivity index (χ4n) is 1.22. The standard InChI is InChI=1S/C10H14Cl2N2O2/c1-3-4-5-9(12)16-10(15)7-6-8(11)13-14(7)2/h6,9H,3-5H2,1-2H3. The second kappa shape index (κ2) is 6.11. The van der Waals surface area contributed by atoms with E-state index in [1.165, 1.54) is 10.7 Å². The fraction of sp³-hybridized carbons (Fsp3) is 0.600. The van der Waals surface area contributed by atoms with Crippen LogP contribution in [0, 0.1) is 0 Å². The van der Waals surface area contributed by atoms with E-state index in [0.29, 0.717) is 12.1 Å². The van der Waals surface area contributed by atoms with Crippen LogP contribution in [0.25, 0.3) is 0 Å². The number of aryl methyl sites for hydroxylation is 1. The predicted molar refractivity (Wildman–Crippen MR) is 62.8 cm³/mol. The van der Waals surface area contributed by atoms with Crippen molar-refractivity contribution in [2.45, 2.75) is 31.7 Å². The van der Waals surface area contributed by atoms with Crippen molar-refractivity contribution in [3.63, 3.8) is 0 Å². The maximum atomic E-state index is 11.6. The lowest BCUT2D eigenvalue weighted by molar-refractivity contribution is 0.0421. The highest BCUT2D eigenvalue weighted by atomic mass is 35.5. The number of carbonyl (C=O) groups is 1. The molecule has 6 heteroatoms. The first kappa shape index (κ1) is 13.3. The number of alkyl halides is 1. The van der Waals surface area contributed by atoms with Crippen LogP contribution in [0.5, 0.6) is 0 Å². The molecule has 1 aromatic heterocycles. The molecule has 16 heavy (non-hydrogen) atoms. The molecular formula is C10H14Cl2N2O2. The lowest BCUT2D eigenvalue weighted by Crippen LogP contribution is -2.16. The van der Waals surface area contributed by atoms with E-state index in [-0.39, 0.29) is 5.15 Å². The Bertz CT molecular complexity index is 366. The second-order valence-electron chi connectivity index (χ2n) is 3.43. The highest BCUT2D eigenvalue weighted by Gasteiger charge is 2.17. The SMILES string of the molecule is CCCCC(Cl)OC(=O)c1cc(Cl)nn1C. The van der Waals surface area contributed by atoms with Gasteiger partial charge in [0.1, 0.15) is 5.69 Å². The third kappa shape index (κ3) is 3.68. The van der Waals surface area contributed by atoms with Crippen LogP contribution in [0.1, 0.15) is 36.7 Å². The Morgan fingerprint density at radius 3 is 2.88 bits per heavy atom. The molecule has 0 fully saturated rings. The number of ether oxygens (including phenoxy) is 1. The highest BCUT2D eigenvalue weighted by molar-refractivity contribution is 6.29. The van der Waals surface area contributed by atoms with Gasteiger partial charge >= 0.3 is 5.97 Å². The average Bonchev–Trinajstić information content (AvgIpc) is 2.54. The third-order valence-corrected chi connectivity index (χ3v) is 2.57. The summed E-state index contributed by atoms with van der Waals surface area (Å²) in [7, 11) is 1.62. The third-order valence-electron chi connectivity index (χ3n) is 2.08. The van der Waals surface area contributed by atoms with Crippen LogP contribution in [0.3, 0.4) is 0 Å². The Kier molecular flexibility index (Phi) is 5.09. The highest BCUT2D eigenvalue weighted by Crippen LogP contribution is 2.14. The van der Waals surface area contributed by atoms with Gasteiger partial charge < -0.3 is 4.74 Å². The number of unbranched alkanes of at least 4 members (excludes halogenated alkanes) is 1. The van der Waals surface area contributed by atoms with Gasteiger partial charge in [0.2, 0.25) is 0 Å². The van der Waals surface area contributed by atoms with Crippen molar-refractivity contribution in [2.24, 2.45) is 7.05 Å². The number of aromatic nitrogens is 2. The van der Waals surface area contributed by atoms with Gasteiger partial charge in [-0.25, -0.2) is 4.79 Å². The molecule has 90 valence electrons. The number of nitrogens with zero attached hydrogens (tertiary/aromatic N) is 2. The summed E-state index contributed by atoms with van der Waals surface area (Å²) in [5.41, 5.74) is -0.298. The second-order valence-corrected chi connectivity index (χ2v) is 4.31. The Hall–Kier alpha value is -0.740. The lowest BCUT2D eigenvalue weighted by atomic mass is 10.3. The first-order valence-electron chi connectivity index (χ1n) is 5.09. The molecule has 0 aliphatic heterocycles. The van der Waals surface area contributed by atoms with E-state index in [2.05, 4.69) is 5.10 Å². The van der Waals surface area contributed by atoms with Crippen molar-refractivity contribution in [3.05, 3.63) is 16.9 Å². The summed E-state index contributed by atoms with van der Waals surface area (Å²) in [5.74, 6) is -0.502. The van der Waals surface area contributed by atoms with Crippen molar-refractivity contribution in [2.75, 3.05) is 0 Å². The molecule has 0 aliphatic carbocycles. The average molecular weight is 265 g/mol. The van der Waals surface area contributed by atoms with Crippen LogP contribution in [-0.4, -0.2) is 21.3 Å². The van der Waals surface area contributed by atoms with Crippen LogP contribution in [0.4, 0.5) is 0 Å². The van der Waals surface area contributed by atoms with Gasteiger partial charge in [-0.05, 0) is 12.8 Å². The topological polar surface area (TPSA) is 44.1 Å². The first-order chi connectivity index (χ1) is 7.54. The van der Waals surface area contributed by atoms with Gasteiger partial charge in [0.25, 0.3) is 0 Å². The number of esters is 1. The normalized spacial score (nSPS) is 12.5. The van der Waals surface area contributed by atoms with E-state index in [1.807, 2.05) is 6.92 Å². The number of hydrogen-bond donors (Lipinski definition) is 0. The van der Waals surface area contributed by atoms with E-state index in [1.54, 1.807) is 7.05 Å². The number of carbonyl (C=O) groups excluding carboxylic acids is 1. The van der Waals surface area contributed by atoms with Crippen LogP contribution in [0.2, 0.25) is 5.15 Å². The largest absolute Gasteiger partial charge is 0.441 e. The Labute approximate surface area is 104 Å². The molecule has 0 radical (unpaired) electrons. The molecule has 1 atom stereocenters. The first-order valence-corrected chi connectivity index (χ1v) is 5.90. The smallest absolute Gasteiger partial charge is 0.358 e. The lowest BCUT2D eigenvalue weighted by Gasteiger charge is -2.10. The maximum Gasteiger partial charge on any atom is 0.358 e. The summed E-state index contributed by atoms with van der Waals surface area (Å²) in [4.78, 5) is 11.6. The van der Waals surface area contributed by atoms with E-state index in [4.69, 9.17) is 27.9 Å². The monoisotopic (exact) mass is 264 g/mol. The molecule has 4 nitrogen and oxygen atoms in total. The van der Waals surface area contributed by atoms with E-state index in [9.17, 15) is 4.79 Å². The molecule has 0 amide bonds. The molecule has 1 aromatic rings. The predicted octanol–water partition coefficient (Wildman–Crippen LogP) is 2.99. The summed E-state index contributed by atoms with van der Waals surface area (Å²) in [6.45, 7) is 2.05. The van der Waals surface area contributed by atoms with Crippen molar-refractivity contribution in [3.8, 4) is 0 Å². The van der Waals surface area contributed by atoms with Crippen molar-refractivity contribution >= 4 is 29.2 Å². The van der Waals surface area contributed by atoms with Crippen molar-refractivity contribution in [1.29, 1.82) is 0 Å². The zero-order valence-corrected chi connectivity index (χ0v) is 10.8. The minimum atomic E-state index is -0.596. The van der Waals surface area contributed by atoms with Gasteiger partial charge in [-0.3, -0.25) is 4.68 Å². The maximum absolute atomic E-state index is 11.6. The molecule has 0 saturated heterocycles. The quantitative estimate of drug-likeness (QED) is 0.607. The molecule has 0 aromatic carbocycles. The van der Waals surface area contributed by atoms with Gasteiger partial charge in [-0.2, -0.15) is 5.10 Å². The summed E-state index contributed by atoms with van der Waals surface area (Å²) in [6.07, 6.45) is 2.58. The minimum absolute atomic E-state index is 0.258. The summed E-state index contributed by atoms with van der Waals surface area (Å²) >= 11 is 11.5. The molecule has 0 N–H and O–H groups in total. The molecule has 1 heterocycles. The molecule has 1 rings (SSSR count). The van der Waals surface area contributed by atoms with Crippen LogP contribution >= 0.6 is 23.2 Å². The molecule has 0 aliphatic rings. The molecular weight excluding hydrogens is 251 g/mol. The van der Waals surface area contributed by atoms with Gasteiger partial charge in [0.15, 0.2) is 10.7 Å². The van der Waals surface area contributed by atoms with Gasteiger partial charge in [0, 0.05) is 13.1 Å². The summed E-state index contributed by atoms with van der Waals surface area (Å²) in [6, 6.07) is 1.45. The summed E-state index contributed by atoms with van der Waals surface area (Å²) < 4.78 is 6.41. The van der Waals surface area contributed by atoms with E-state index >= 15 is 0 Å². The summed E-state index contributed by atoms with van der Waals surface area (Å²) in [5, 5.41) is 4.10. The van der Waals surface area contributed by atoms with Crippen molar-refractivity contribution in [1.82, 2.24) is 9.78 Å². The van der Waals surface area contributed by atoms with Crippen LogP contribution < -0.4 is 0 Å². The van der Waals surface area contributed by atoms with Crippen LogP contribution in [-0.2, 0) is 11.8 Å². The zero-order chi connectivity index (χ0) is 12.1. The Balaban J connectivity index is 2.55. The fourth-order valence-corrected chi connectivity index (χ4v) is 1.68. The van der Waals surface area contributed by atoms with Gasteiger partial charge in [-0.15, -0.1) is 0 Å². The van der Waals surface area contributed by atoms with E-state index in [0.717, 1.165) is 12.8 Å². The van der Waals surface area contributed by atoms with Gasteiger partial charge in [0.05, 0.1) is 0 Å². The van der Waals surface area contributed by atoms with Gasteiger partial charge in [-0.1, -0.05) is 36.5 Å². The molecule has 0 saturated carbocycles. The van der Waals surface area contributed by atoms with Crippen molar-refractivity contribution < 1.29 is 9.53 Å². The number of rotatable bonds is 5. The minimum Gasteiger partial charge on any atom is -0.441 e.